The molecule has 1 N–H and O–H groups in total. The van der Waals surface area contributed by atoms with Crippen LogP contribution in [0.3, 0.4) is 0 Å². The molecule has 0 radical (unpaired) electrons. The maximum absolute atomic E-state index is 14.0. The fourth-order valence-electron chi connectivity index (χ4n) is 2.47. The molecule has 1 aromatic heterocycles. The molecule has 2 aromatic carbocycles. The Bertz CT molecular complexity index is 1010. The highest BCUT2D eigenvalue weighted by Crippen LogP contribution is 2.15. The SMILES string of the molecule is Cc1ccccc1NC(=O)c1nn(-c2ccccc2F)c(C)cc1=O. The smallest absolute Gasteiger partial charge is 0.280 e. The van der Waals surface area contributed by atoms with Crippen LogP contribution >= 0.6 is 0 Å². The second kappa shape index (κ2) is 6.68. The molecule has 0 aliphatic heterocycles. The molecule has 0 aliphatic rings. The van der Waals surface area contributed by atoms with E-state index in [4.69, 9.17) is 0 Å². The standard InChI is InChI=1S/C19H16FN3O2/c1-12-7-3-5-9-15(12)21-19(25)18-17(24)11-13(2)23(22-18)16-10-6-4-8-14(16)20/h3-11H,1-2H3,(H,21,25). The number of anilines is 1. The van der Waals surface area contributed by atoms with Crippen LogP contribution in [0.25, 0.3) is 5.69 Å². The normalized spacial score (nSPS) is 10.5. The van der Waals surface area contributed by atoms with Crippen LogP contribution in [0.15, 0.2) is 59.4 Å². The molecule has 1 amide bonds. The highest BCUT2D eigenvalue weighted by Gasteiger charge is 2.17. The molecular formula is C19H16FN3O2. The number of rotatable bonds is 3. The fourth-order valence-corrected chi connectivity index (χ4v) is 2.47. The summed E-state index contributed by atoms with van der Waals surface area (Å²) in [5, 5.41) is 6.75. The molecule has 0 fully saturated rings. The van der Waals surface area contributed by atoms with E-state index >= 15 is 0 Å². The van der Waals surface area contributed by atoms with Crippen molar-refractivity contribution in [3.8, 4) is 5.69 Å². The topological polar surface area (TPSA) is 64.0 Å². The lowest BCUT2D eigenvalue weighted by Crippen LogP contribution is -2.27. The number of hydrogen-bond acceptors (Lipinski definition) is 3. The third-order valence-corrected chi connectivity index (χ3v) is 3.80. The van der Waals surface area contributed by atoms with E-state index in [-0.39, 0.29) is 11.4 Å². The lowest BCUT2D eigenvalue weighted by atomic mass is 10.2. The Labute approximate surface area is 143 Å². The largest absolute Gasteiger partial charge is 0.320 e. The summed E-state index contributed by atoms with van der Waals surface area (Å²) >= 11 is 0. The van der Waals surface area contributed by atoms with Gasteiger partial charge >= 0.3 is 0 Å². The molecule has 126 valence electrons. The number of nitrogens with zero attached hydrogens (tertiary/aromatic N) is 2. The molecule has 0 saturated heterocycles. The molecule has 5 nitrogen and oxygen atoms in total. The van der Waals surface area contributed by atoms with Crippen LogP contribution in [0, 0.1) is 19.7 Å². The second-order valence-electron chi connectivity index (χ2n) is 5.63. The minimum atomic E-state index is -0.635. The van der Waals surface area contributed by atoms with Gasteiger partial charge < -0.3 is 5.32 Å². The predicted molar refractivity (Wildman–Crippen MR) is 93.7 cm³/mol. The van der Waals surface area contributed by atoms with Gasteiger partial charge in [0.2, 0.25) is 5.43 Å². The monoisotopic (exact) mass is 337 g/mol. The maximum atomic E-state index is 14.0. The van der Waals surface area contributed by atoms with E-state index in [0.29, 0.717) is 11.4 Å². The summed E-state index contributed by atoms with van der Waals surface area (Å²) in [4.78, 5) is 24.7. The van der Waals surface area contributed by atoms with Crippen molar-refractivity contribution in [1.29, 1.82) is 0 Å². The van der Waals surface area contributed by atoms with Crippen LogP contribution in [0.1, 0.15) is 21.7 Å². The first-order chi connectivity index (χ1) is 12.0. The van der Waals surface area contributed by atoms with Crippen LogP contribution in [0.5, 0.6) is 0 Å². The molecular weight excluding hydrogens is 321 g/mol. The molecule has 25 heavy (non-hydrogen) atoms. The first-order valence-electron chi connectivity index (χ1n) is 7.70. The van der Waals surface area contributed by atoms with Crippen LogP contribution < -0.4 is 10.7 Å². The van der Waals surface area contributed by atoms with Gasteiger partial charge in [-0.05, 0) is 37.6 Å². The maximum Gasteiger partial charge on any atom is 0.280 e. The van der Waals surface area contributed by atoms with Gasteiger partial charge in [-0.3, -0.25) is 9.59 Å². The van der Waals surface area contributed by atoms with Gasteiger partial charge in [-0.15, -0.1) is 0 Å². The average Bonchev–Trinajstić information content (AvgIpc) is 2.58. The number of para-hydroxylation sites is 2. The average molecular weight is 337 g/mol. The third-order valence-electron chi connectivity index (χ3n) is 3.80. The van der Waals surface area contributed by atoms with Crippen molar-refractivity contribution in [3.05, 3.63) is 87.6 Å². The fraction of sp³-hybridized carbons (Fsp3) is 0.105. The Morgan fingerprint density at radius 2 is 1.76 bits per heavy atom. The van der Waals surface area contributed by atoms with Gasteiger partial charge in [0.05, 0.1) is 0 Å². The first-order valence-corrected chi connectivity index (χ1v) is 7.70. The van der Waals surface area contributed by atoms with E-state index < -0.39 is 17.2 Å². The Morgan fingerprint density at radius 3 is 2.48 bits per heavy atom. The Balaban J connectivity index is 2.04. The number of aromatic nitrogens is 2. The zero-order valence-electron chi connectivity index (χ0n) is 13.8. The molecule has 3 rings (SSSR count). The summed E-state index contributed by atoms with van der Waals surface area (Å²) in [6, 6.07) is 14.5. The van der Waals surface area contributed by atoms with E-state index in [9.17, 15) is 14.0 Å². The van der Waals surface area contributed by atoms with Crippen molar-refractivity contribution < 1.29 is 9.18 Å². The van der Waals surface area contributed by atoms with Crippen LogP contribution in [-0.2, 0) is 0 Å². The van der Waals surface area contributed by atoms with Crippen molar-refractivity contribution in [2.24, 2.45) is 0 Å². The van der Waals surface area contributed by atoms with Crippen LogP contribution in [0.4, 0.5) is 10.1 Å². The lowest BCUT2D eigenvalue weighted by Gasteiger charge is -2.12. The van der Waals surface area contributed by atoms with E-state index in [1.807, 2.05) is 19.1 Å². The van der Waals surface area contributed by atoms with Gasteiger partial charge in [-0.25, -0.2) is 9.07 Å². The number of amides is 1. The molecule has 0 saturated carbocycles. The van der Waals surface area contributed by atoms with E-state index in [2.05, 4.69) is 10.4 Å². The van der Waals surface area contributed by atoms with Gasteiger partial charge in [0.1, 0.15) is 11.5 Å². The number of halogens is 1. The molecule has 6 heteroatoms. The number of benzene rings is 2. The second-order valence-corrected chi connectivity index (χ2v) is 5.63. The van der Waals surface area contributed by atoms with Gasteiger partial charge in [-0.2, -0.15) is 5.10 Å². The van der Waals surface area contributed by atoms with E-state index in [1.54, 1.807) is 31.2 Å². The third kappa shape index (κ3) is 3.33. The molecule has 0 atom stereocenters. The quantitative estimate of drug-likeness (QED) is 0.798. The number of hydrogen-bond donors (Lipinski definition) is 1. The Hall–Kier alpha value is -3.28. The van der Waals surface area contributed by atoms with Crippen molar-refractivity contribution >= 4 is 11.6 Å². The molecule has 3 aromatic rings. The zero-order chi connectivity index (χ0) is 18.0. The Morgan fingerprint density at radius 1 is 1.08 bits per heavy atom. The predicted octanol–water partition coefficient (Wildman–Crippen LogP) is 3.24. The van der Waals surface area contributed by atoms with Gasteiger partial charge in [0, 0.05) is 17.4 Å². The summed E-state index contributed by atoms with van der Waals surface area (Å²) in [7, 11) is 0. The van der Waals surface area contributed by atoms with Crippen molar-refractivity contribution in [2.45, 2.75) is 13.8 Å². The molecule has 0 unspecified atom stereocenters. The highest BCUT2D eigenvalue weighted by molar-refractivity contribution is 6.03. The van der Waals surface area contributed by atoms with Gasteiger partial charge in [0.15, 0.2) is 5.69 Å². The number of carbonyl (C=O) groups is 1. The van der Waals surface area contributed by atoms with Crippen LogP contribution in [0.2, 0.25) is 0 Å². The summed E-state index contributed by atoms with van der Waals surface area (Å²) in [5.74, 6) is -1.13. The first kappa shape index (κ1) is 16.6. The summed E-state index contributed by atoms with van der Waals surface area (Å²) in [6.45, 7) is 3.47. The van der Waals surface area contributed by atoms with Crippen molar-refractivity contribution in [3.63, 3.8) is 0 Å². The highest BCUT2D eigenvalue weighted by atomic mass is 19.1. The molecule has 0 bridgehead atoms. The molecule has 0 aliphatic carbocycles. The van der Waals surface area contributed by atoms with E-state index in [1.165, 1.54) is 22.9 Å². The van der Waals surface area contributed by atoms with Crippen LogP contribution in [-0.4, -0.2) is 15.7 Å². The van der Waals surface area contributed by atoms with Gasteiger partial charge in [-0.1, -0.05) is 30.3 Å². The minimum Gasteiger partial charge on any atom is -0.320 e. The Kier molecular flexibility index (Phi) is 4.43. The molecule has 0 spiro atoms. The van der Waals surface area contributed by atoms with Crippen molar-refractivity contribution in [2.75, 3.05) is 5.32 Å². The lowest BCUT2D eigenvalue weighted by molar-refractivity contribution is 0.101. The van der Waals surface area contributed by atoms with Crippen molar-refractivity contribution in [1.82, 2.24) is 9.78 Å². The minimum absolute atomic E-state index is 0.171. The number of carbonyl (C=O) groups excluding carboxylic acids is 1. The summed E-state index contributed by atoms with van der Waals surface area (Å²) < 4.78 is 15.3. The molecule has 1 heterocycles. The van der Waals surface area contributed by atoms with Gasteiger partial charge in [0.25, 0.3) is 5.91 Å². The van der Waals surface area contributed by atoms with E-state index in [0.717, 1.165) is 5.56 Å². The zero-order valence-corrected chi connectivity index (χ0v) is 13.8. The number of nitrogens with one attached hydrogen (secondary N) is 1. The summed E-state index contributed by atoms with van der Waals surface area (Å²) in [5.41, 5.74) is 1.24. The summed E-state index contributed by atoms with van der Waals surface area (Å²) in [6.07, 6.45) is 0. The number of aryl methyl sites for hydroxylation is 2.